The maximum Gasteiger partial charge on any atom is 0.253 e. The van der Waals surface area contributed by atoms with Gasteiger partial charge in [-0.05, 0) is 24.6 Å². The zero-order valence-electron chi connectivity index (χ0n) is 8.21. The summed E-state index contributed by atoms with van der Waals surface area (Å²) < 4.78 is 0. The van der Waals surface area contributed by atoms with E-state index in [1.165, 1.54) is 0 Å². The van der Waals surface area contributed by atoms with Gasteiger partial charge in [-0.1, -0.05) is 6.92 Å². The van der Waals surface area contributed by atoms with Crippen molar-refractivity contribution < 1.29 is 4.79 Å². The first-order chi connectivity index (χ1) is 6.65. The van der Waals surface area contributed by atoms with Gasteiger partial charge in [-0.3, -0.25) is 4.79 Å². The fraction of sp³-hybridized carbons (Fsp3) is 0.300. The molecule has 0 aliphatic rings. The van der Waals surface area contributed by atoms with Gasteiger partial charge < -0.3 is 16.8 Å². The normalized spacial score (nSPS) is 9.79. The van der Waals surface area contributed by atoms with E-state index in [1.807, 2.05) is 6.92 Å². The van der Waals surface area contributed by atoms with Crippen LogP contribution in [0, 0.1) is 0 Å². The zero-order chi connectivity index (χ0) is 10.6. The fourth-order valence-corrected chi connectivity index (χ4v) is 1.12. The minimum absolute atomic E-state index is 0.149. The third-order valence-electron chi connectivity index (χ3n) is 1.86. The number of carbonyl (C=O) groups is 1. The van der Waals surface area contributed by atoms with Crippen LogP contribution in [-0.2, 0) is 0 Å². The average molecular weight is 193 g/mol. The summed E-state index contributed by atoms with van der Waals surface area (Å²) in [4.78, 5) is 11.5. The van der Waals surface area contributed by atoms with E-state index < -0.39 is 0 Å². The number of hydrogen-bond acceptors (Lipinski definition) is 3. The summed E-state index contributed by atoms with van der Waals surface area (Å²) in [6.45, 7) is 2.65. The highest BCUT2D eigenvalue weighted by Gasteiger charge is 2.07. The third kappa shape index (κ3) is 2.39. The molecule has 4 heteroatoms. The Morgan fingerprint density at radius 1 is 1.43 bits per heavy atom. The first-order valence-electron chi connectivity index (χ1n) is 4.58. The van der Waals surface area contributed by atoms with Crippen LogP contribution in [0.15, 0.2) is 18.2 Å². The van der Waals surface area contributed by atoms with Crippen LogP contribution >= 0.6 is 0 Å². The first kappa shape index (κ1) is 10.4. The van der Waals surface area contributed by atoms with Crippen molar-refractivity contribution in [2.45, 2.75) is 13.3 Å². The maximum absolute atomic E-state index is 11.5. The van der Waals surface area contributed by atoms with Gasteiger partial charge in [0.2, 0.25) is 0 Å². The van der Waals surface area contributed by atoms with Crippen molar-refractivity contribution in [2.75, 3.05) is 18.0 Å². The molecule has 76 valence electrons. The largest absolute Gasteiger partial charge is 0.399 e. The van der Waals surface area contributed by atoms with E-state index in [1.54, 1.807) is 18.2 Å². The van der Waals surface area contributed by atoms with Gasteiger partial charge >= 0.3 is 0 Å². The van der Waals surface area contributed by atoms with E-state index in [4.69, 9.17) is 11.5 Å². The molecule has 0 spiro atoms. The quantitative estimate of drug-likeness (QED) is 0.626. The molecule has 0 aliphatic carbocycles. The summed E-state index contributed by atoms with van der Waals surface area (Å²) in [7, 11) is 0. The van der Waals surface area contributed by atoms with Crippen molar-refractivity contribution in [3.05, 3.63) is 23.8 Å². The summed E-state index contributed by atoms with van der Waals surface area (Å²) in [5.74, 6) is -0.149. The Morgan fingerprint density at radius 3 is 2.71 bits per heavy atom. The monoisotopic (exact) mass is 193 g/mol. The van der Waals surface area contributed by atoms with Crippen molar-refractivity contribution in [2.24, 2.45) is 0 Å². The van der Waals surface area contributed by atoms with Gasteiger partial charge in [0.1, 0.15) is 0 Å². The van der Waals surface area contributed by atoms with Crippen LogP contribution in [0.1, 0.15) is 23.7 Å². The number of anilines is 2. The molecule has 0 unspecified atom stereocenters. The highest BCUT2D eigenvalue weighted by molar-refractivity contribution is 5.99. The number of benzene rings is 1. The van der Waals surface area contributed by atoms with Gasteiger partial charge in [-0.15, -0.1) is 0 Å². The van der Waals surface area contributed by atoms with E-state index in [0.29, 0.717) is 23.5 Å². The number of nitrogen functional groups attached to an aromatic ring is 2. The Hall–Kier alpha value is -1.71. The molecule has 1 rings (SSSR count). The SMILES string of the molecule is CCCNC(=O)c1ccc(N)cc1N. The lowest BCUT2D eigenvalue weighted by Crippen LogP contribution is -2.24. The highest BCUT2D eigenvalue weighted by atomic mass is 16.1. The molecular weight excluding hydrogens is 178 g/mol. The molecule has 0 atom stereocenters. The first-order valence-corrected chi connectivity index (χ1v) is 4.58. The van der Waals surface area contributed by atoms with Gasteiger partial charge in [0.15, 0.2) is 0 Å². The lowest BCUT2D eigenvalue weighted by molar-refractivity contribution is 0.0954. The van der Waals surface area contributed by atoms with Crippen LogP contribution in [0.5, 0.6) is 0 Å². The van der Waals surface area contributed by atoms with Crippen LogP contribution < -0.4 is 16.8 Å². The second-order valence-corrected chi connectivity index (χ2v) is 3.10. The molecule has 0 radical (unpaired) electrons. The van der Waals surface area contributed by atoms with Crippen LogP contribution in [0.2, 0.25) is 0 Å². The molecule has 0 aliphatic heterocycles. The third-order valence-corrected chi connectivity index (χ3v) is 1.86. The molecule has 0 bridgehead atoms. The Bertz CT molecular complexity index is 336. The van der Waals surface area contributed by atoms with Gasteiger partial charge in [0, 0.05) is 17.9 Å². The van der Waals surface area contributed by atoms with Crippen molar-refractivity contribution >= 4 is 17.3 Å². The number of nitrogens with two attached hydrogens (primary N) is 2. The standard InChI is InChI=1S/C10H15N3O/c1-2-5-13-10(14)8-4-3-7(11)6-9(8)12/h3-4,6H,2,5,11-12H2,1H3,(H,13,14). The van der Waals surface area contributed by atoms with Crippen LogP contribution in [0.25, 0.3) is 0 Å². The Labute approximate surface area is 83.3 Å². The zero-order valence-corrected chi connectivity index (χ0v) is 8.21. The van der Waals surface area contributed by atoms with E-state index in [0.717, 1.165) is 6.42 Å². The number of carbonyl (C=O) groups excluding carboxylic acids is 1. The predicted octanol–water partition coefficient (Wildman–Crippen LogP) is 0.991. The van der Waals surface area contributed by atoms with Crippen molar-refractivity contribution in [1.82, 2.24) is 5.32 Å². The number of rotatable bonds is 3. The maximum atomic E-state index is 11.5. The second kappa shape index (κ2) is 4.50. The molecule has 1 amide bonds. The predicted molar refractivity (Wildman–Crippen MR) is 57.9 cm³/mol. The molecule has 5 N–H and O–H groups in total. The summed E-state index contributed by atoms with van der Waals surface area (Å²) in [5.41, 5.74) is 12.6. The summed E-state index contributed by atoms with van der Waals surface area (Å²) in [5, 5.41) is 2.75. The number of amides is 1. The van der Waals surface area contributed by atoms with E-state index in [-0.39, 0.29) is 5.91 Å². The van der Waals surface area contributed by atoms with Crippen LogP contribution in [-0.4, -0.2) is 12.5 Å². The number of nitrogens with one attached hydrogen (secondary N) is 1. The molecule has 0 saturated carbocycles. The van der Waals surface area contributed by atoms with Gasteiger partial charge in [-0.2, -0.15) is 0 Å². The summed E-state index contributed by atoms with van der Waals surface area (Å²) in [6, 6.07) is 4.88. The second-order valence-electron chi connectivity index (χ2n) is 3.10. The van der Waals surface area contributed by atoms with Crippen molar-refractivity contribution in [3.63, 3.8) is 0 Å². The summed E-state index contributed by atoms with van der Waals surface area (Å²) >= 11 is 0. The lowest BCUT2D eigenvalue weighted by atomic mass is 10.1. The molecule has 0 fully saturated rings. The molecule has 4 nitrogen and oxygen atoms in total. The van der Waals surface area contributed by atoms with Crippen molar-refractivity contribution in [3.8, 4) is 0 Å². The molecule has 0 aromatic heterocycles. The van der Waals surface area contributed by atoms with Crippen LogP contribution in [0.4, 0.5) is 11.4 Å². The van der Waals surface area contributed by atoms with Gasteiger partial charge in [-0.25, -0.2) is 0 Å². The minimum atomic E-state index is -0.149. The molecular formula is C10H15N3O. The molecule has 0 heterocycles. The van der Waals surface area contributed by atoms with Crippen LogP contribution in [0.3, 0.4) is 0 Å². The smallest absolute Gasteiger partial charge is 0.253 e. The lowest BCUT2D eigenvalue weighted by Gasteiger charge is -2.06. The molecule has 1 aromatic rings. The highest BCUT2D eigenvalue weighted by Crippen LogP contribution is 2.15. The fourth-order valence-electron chi connectivity index (χ4n) is 1.12. The molecule has 14 heavy (non-hydrogen) atoms. The molecule has 0 saturated heterocycles. The van der Waals surface area contributed by atoms with E-state index in [2.05, 4.69) is 5.32 Å². The minimum Gasteiger partial charge on any atom is -0.399 e. The van der Waals surface area contributed by atoms with E-state index in [9.17, 15) is 4.79 Å². The topological polar surface area (TPSA) is 81.1 Å². The Kier molecular flexibility index (Phi) is 3.34. The van der Waals surface area contributed by atoms with Crippen molar-refractivity contribution in [1.29, 1.82) is 0 Å². The number of hydrogen-bond donors (Lipinski definition) is 3. The van der Waals surface area contributed by atoms with Gasteiger partial charge in [0.25, 0.3) is 5.91 Å². The summed E-state index contributed by atoms with van der Waals surface area (Å²) in [6.07, 6.45) is 0.903. The van der Waals surface area contributed by atoms with E-state index >= 15 is 0 Å². The Balaban J connectivity index is 2.80. The Morgan fingerprint density at radius 2 is 2.14 bits per heavy atom. The average Bonchev–Trinajstić information content (AvgIpc) is 2.14. The molecule has 1 aromatic carbocycles. The van der Waals surface area contributed by atoms with Gasteiger partial charge in [0.05, 0.1) is 5.56 Å².